The van der Waals surface area contributed by atoms with Crippen molar-refractivity contribution in [1.82, 2.24) is 9.97 Å². The number of amides is 1. The van der Waals surface area contributed by atoms with Gasteiger partial charge in [-0.15, -0.1) is 0 Å². The molecule has 1 aliphatic heterocycles. The van der Waals surface area contributed by atoms with Gasteiger partial charge < -0.3 is 15.7 Å². The lowest BCUT2D eigenvalue weighted by molar-refractivity contribution is -0.122. The minimum atomic E-state index is -1.11. The number of rotatable bonds is 3. The average molecular weight is 250 g/mol. The van der Waals surface area contributed by atoms with Crippen molar-refractivity contribution >= 4 is 17.7 Å². The lowest BCUT2D eigenvalue weighted by Gasteiger charge is -2.31. The van der Waals surface area contributed by atoms with E-state index in [9.17, 15) is 9.59 Å². The number of carbonyl (C=O) groups is 2. The van der Waals surface area contributed by atoms with Gasteiger partial charge in [-0.2, -0.15) is 0 Å². The summed E-state index contributed by atoms with van der Waals surface area (Å²) >= 11 is 0. The monoisotopic (exact) mass is 250 g/mol. The molecule has 1 atom stereocenters. The van der Waals surface area contributed by atoms with Crippen molar-refractivity contribution in [1.29, 1.82) is 0 Å². The summed E-state index contributed by atoms with van der Waals surface area (Å²) in [5.74, 6) is -1.02. The molecule has 2 heterocycles. The van der Waals surface area contributed by atoms with Crippen LogP contribution in [0.1, 0.15) is 23.3 Å². The molecule has 0 radical (unpaired) electrons. The van der Waals surface area contributed by atoms with Crippen LogP contribution in [0.15, 0.2) is 12.4 Å². The quantitative estimate of drug-likeness (QED) is 0.773. The fraction of sp³-hybridized carbons (Fsp3) is 0.455. The second kappa shape index (κ2) is 4.99. The van der Waals surface area contributed by atoms with Gasteiger partial charge in [0.05, 0.1) is 18.3 Å². The summed E-state index contributed by atoms with van der Waals surface area (Å²) in [4.78, 5) is 31.6. The highest BCUT2D eigenvalue weighted by Crippen LogP contribution is 2.20. The third kappa shape index (κ3) is 2.55. The molecular formula is C11H14N4O3. The number of nitrogens with two attached hydrogens (primary N) is 1. The molecule has 1 saturated heterocycles. The topological polar surface area (TPSA) is 109 Å². The molecule has 96 valence electrons. The molecule has 2 rings (SSSR count). The van der Waals surface area contributed by atoms with Crippen molar-refractivity contribution in [2.24, 2.45) is 11.7 Å². The number of carboxylic acids is 1. The summed E-state index contributed by atoms with van der Waals surface area (Å²) in [5.41, 5.74) is 5.20. The van der Waals surface area contributed by atoms with Crippen molar-refractivity contribution in [3.05, 3.63) is 18.1 Å². The van der Waals surface area contributed by atoms with Crippen molar-refractivity contribution in [3.8, 4) is 0 Å². The summed E-state index contributed by atoms with van der Waals surface area (Å²) in [5, 5.41) is 8.72. The molecule has 1 aromatic rings. The number of anilines is 1. The van der Waals surface area contributed by atoms with Gasteiger partial charge in [0.1, 0.15) is 5.82 Å². The first-order valence-electron chi connectivity index (χ1n) is 5.67. The predicted octanol–water partition coefficient (Wildman–Crippen LogP) is -0.124. The van der Waals surface area contributed by atoms with Crippen molar-refractivity contribution < 1.29 is 14.7 Å². The number of nitrogens with zero attached hydrogens (tertiary/aromatic N) is 3. The molecule has 1 fully saturated rings. The van der Waals surface area contributed by atoms with Crippen LogP contribution in [-0.2, 0) is 4.79 Å². The normalized spacial score (nSPS) is 19.6. The number of aromatic carboxylic acids is 1. The summed E-state index contributed by atoms with van der Waals surface area (Å²) in [6.07, 6.45) is 4.26. The number of carboxylic acid groups (broad SMARTS) is 1. The van der Waals surface area contributed by atoms with Crippen LogP contribution in [-0.4, -0.2) is 40.0 Å². The smallest absolute Gasteiger partial charge is 0.356 e. The van der Waals surface area contributed by atoms with E-state index < -0.39 is 5.97 Å². The fourth-order valence-corrected chi connectivity index (χ4v) is 2.01. The van der Waals surface area contributed by atoms with E-state index >= 15 is 0 Å². The standard InChI is InChI=1S/C11H14N4O3/c12-10(16)7-2-1-3-15(6-7)9-5-13-8(4-14-9)11(17)18/h4-5,7H,1-3,6H2,(H2,12,16)(H,17,18). The van der Waals surface area contributed by atoms with Crippen molar-refractivity contribution in [3.63, 3.8) is 0 Å². The Morgan fingerprint density at radius 3 is 2.72 bits per heavy atom. The van der Waals surface area contributed by atoms with Crippen LogP contribution in [0.3, 0.4) is 0 Å². The molecule has 1 aromatic heterocycles. The van der Waals surface area contributed by atoms with Gasteiger partial charge in [0.15, 0.2) is 5.69 Å². The highest BCUT2D eigenvalue weighted by atomic mass is 16.4. The fourth-order valence-electron chi connectivity index (χ4n) is 2.01. The van der Waals surface area contributed by atoms with Gasteiger partial charge in [-0.1, -0.05) is 0 Å². The van der Waals surface area contributed by atoms with Crippen LogP contribution in [0.2, 0.25) is 0 Å². The van der Waals surface area contributed by atoms with Gasteiger partial charge in [0.2, 0.25) is 5.91 Å². The van der Waals surface area contributed by atoms with Gasteiger partial charge >= 0.3 is 5.97 Å². The summed E-state index contributed by atoms with van der Waals surface area (Å²) < 4.78 is 0. The van der Waals surface area contributed by atoms with Crippen LogP contribution < -0.4 is 10.6 Å². The second-order valence-electron chi connectivity index (χ2n) is 4.25. The average Bonchev–Trinajstić information content (AvgIpc) is 2.39. The van der Waals surface area contributed by atoms with E-state index in [-0.39, 0.29) is 17.5 Å². The predicted molar refractivity (Wildman–Crippen MR) is 63.1 cm³/mol. The van der Waals surface area contributed by atoms with Gasteiger partial charge in [0.25, 0.3) is 0 Å². The molecule has 7 nitrogen and oxygen atoms in total. The van der Waals surface area contributed by atoms with Gasteiger partial charge in [-0.3, -0.25) is 4.79 Å². The summed E-state index contributed by atoms with van der Waals surface area (Å²) in [7, 11) is 0. The first-order valence-corrected chi connectivity index (χ1v) is 5.67. The largest absolute Gasteiger partial charge is 0.476 e. The summed E-state index contributed by atoms with van der Waals surface area (Å²) in [6, 6.07) is 0. The number of hydrogen-bond acceptors (Lipinski definition) is 5. The Hall–Kier alpha value is -2.18. The number of piperidine rings is 1. The lowest BCUT2D eigenvalue weighted by atomic mass is 9.98. The SMILES string of the molecule is NC(=O)C1CCCN(c2cnc(C(=O)O)cn2)C1. The van der Waals surface area contributed by atoms with E-state index in [0.717, 1.165) is 19.4 Å². The molecule has 0 aliphatic carbocycles. The third-order valence-corrected chi connectivity index (χ3v) is 3.01. The van der Waals surface area contributed by atoms with Crippen molar-refractivity contribution in [2.45, 2.75) is 12.8 Å². The Kier molecular flexibility index (Phi) is 3.40. The maximum Gasteiger partial charge on any atom is 0.356 e. The summed E-state index contributed by atoms with van der Waals surface area (Å²) in [6.45, 7) is 1.28. The minimum Gasteiger partial charge on any atom is -0.476 e. The molecule has 0 spiro atoms. The molecule has 0 saturated carbocycles. The molecule has 1 amide bonds. The highest BCUT2D eigenvalue weighted by molar-refractivity contribution is 5.85. The van der Waals surface area contributed by atoms with E-state index in [0.29, 0.717) is 12.4 Å². The Bertz CT molecular complexity index is 460. The van der Waals surface area contributed by atoms with Crippen LogP contribution in [0.4, 0.5) is 5.82 Å². The number of aromatic nitrogens is 2. The molecule has 0 aromatic carbocycles. The van der Waals surface area contributed by atoms with E-state index in [2.05, 4.69) is 9.97 Å². The maximum absolute atomic E-state index is 11.2. The number of carbonyl (C=O) groups excluding carboxylic acids is 1. The number of primary amides is 1. The minimum absolute atomic E-state index is 0.0952. The van der Waals surface area contributed by atoms with Crippen molar-refractivity contribution in [2.75, 3.05) is 18.0 Å². The molecule has 0 bridgehead atoms. The Balaban J connectivity index is 2.11. The van der Waals surface area contributed by atoms with E-state index in [1.165, 1.54) is 12.4 Å². The van der Waals surface area contributed by atoms with Crippen LogP contribution in [0, 0.1) is 5.92 Å². The number of hydrogen-bond donors (Lipinski definition) is 2. The molecule has 3 N–H and O–H groups in total. The van der Waals surface area contributed by atoms with Gasteiger partial charge in [-0.25, -0.2) is 14.8 Å². The van der Waals surface area contributed by atoms with E-state index in [1.54, 1.807) is 0 Å². The molecule has 18 heavy (non-hydrogen) atoms. The van der Waals surface area contributed by atoms with Gasteiger partial charge in [-0.05, 0) is 12.8 Å². The highest BCUT2D eigenvalue weighted by Gasteiger charge is 2.24. The maximum atomic E-state index is 11.2. The van der Waals surface area contributed by atoms with Crippen LogP contribution in [0.5, 0.6) is 0 Å². The first kappa shape index (κ1) is 12.3. The van der Waals surface area contributed by atoms with E-state index in [1.807, 2.05) is 4.90 Å². The first-order chi connectivity index (χ1) is 8.58. The Morgan fingerprint density at radius 2 is 2.17 bits per heavy atom. The van der Waals surface area contributed by atoms with Gasteiger partial charge in [0, 0.05) is 13.1 Å². The molecule has 1 unspecified atom stereocenters. The molecular weight excluding hydrogens is 236 g/mol. The Morgan fingerprint density at radius 1 is 1.39 bits per heavy atom. The zero-order valence-electron chi connectivity index (χ0n) is 9.74. The molecule has 1 aliphatic rings. The zero-order valence-corrected chi connectivity index (χ0v) is 9.74. The lowest BCUT2D eigenvalue weighted by Crippen LogP contribution is -2.41. The van der Waals surface area contributed by atoms with Crippen LogP contribution >= 0.6 is 0 Å². The van der Waals surface area contributed by atoms with Crippen LogP contribution in [0.25, 0.3) is 0 Å². The molecule has 7 heteroatoms. The van der Waals surface area contributed by atoms with E-state index in [4.69, 9.17) is 10.8 Å². The third-order valence-electron chi connectivity index (χ3n) is 3.01. The second-order valence-corrected chi connectivity index (χ2v) is 4.25. The Labute approximate surface area is 104 Å². The zero-order chi connectivity index (χ0) is 13.1.